The fourth-order valence-electron chi connectivity index (χ4n) is 3.24. The van der Waals surface area contributed by atoms with Crippen LogP contribution in [0.25, 0.3) is 38.2 Å². The Bertz CT molecular complexity index is 1630. The van der Waals surface area contributed by atoms with E-state index in [1.807, 2.05) is 88.4 Å². The summed E-state index contributed by atoms with van der Waals surface area (Å²) in [5.41, 5.74) is 2.46. The van der Waals surface area contributed by atoms with Gasteiger partial charge in [0.1, 0.15) is 5.65 Å². The summed E-state index contributed by atoms with van der Waals surface area (Å²) >= 11 is 0. The Morgan fingerprint density at radius 3 is 1.69 bits per heavy atom. The van der Waals surface area contributed by atoms with Crippen LogP contribution in [0.3, 0.4) is 0 Å². The van der Waals surface area contributed by atoms with Gasteiger partial charge in [0.05, 0.1) is 31.3 Å². The van der Waals surface area contributed by atoms with Crippen LogP contribution < -0.4 is 5.56 Å². The van der Waals surface area contributed by atoms with E-state index in [0.29, 0.717) is 12.5 Å². The quantitative estimate of drug-likeness (QED) is 0.278. The van der Waals surface area contributed by atoms with E-state index in [9.17, 15) is 4.79 Å². The van der Waals surface area contributed by atoms with Gasteiger partial charge >= 0.3 is 0 Å². The number of pyridine rings is 1. The lowest BCUT2D eigenvalue weighted by atomic mass is 10.0. The van der Waals surface area contributed by atoms with Gasteiger partial charge in [-0.2, -0.15) is 0 Å². The van der Waals surface area contributed by atoms with E-state index < -0.39 is 20.2 Å². The van der Waals surface area contributed by atoms with E-state index in [2.05, 4.69) is 4.98 Å². The fraction of sp³-hybridized carbons (Fsp3) is 0.250. The van der Waals surface area contributed by atoms with Crippen molar-refractivity contribution in [2.24, 2.45) is 0 Å². The van der Waals surface area contributed by atoms with Crippen molar-refractivity contribution in [2.75, 3.05) is 12.5 Å². The molecule has 5 rings (SSSR count). The molecular weight excluding hydrogens is 492 g/mol. The third-order valence-corrected chi connectivity index (χ3v) is 4.14. The van der Waals surface area contributed by atoms with Gasteiger partial charge in [-0.05, 0) is 23.6 Å². The molecule has 2 heterocycles. The molecule has 0 saturated heterocycles. The zero-order chi connectivity index (χ0) is 27.0. The minimum atomic E-state index is -3.92. The maximum atomic E-state index is 12.9. The van der Waals surface area contributed by atoms with Crippen LogP contribution in [0.5, 0.6) is 0 Å². The summed E-state index contributed by atoms with van der Waals surface area (Å²) in [4.78, 5) is 17.6. The maximum Gasteiger partial charge on any atom is 0.264 e. The van der Waals surface area contributed by atoms with Crippen molar-refractivity contribution in [1.82, 2.24) is 9.38 Å². The molecule has 0 radical (unpaired) electrons. The zero-order valence-corrected chi connectivity index (χ0v) is 22.0. The molecule has 0 fully saturated rings. The molecule has 3 aromatic carbocycles. The highest BCUT2D eigenvalue weighted by atomic mass is 32.2. The average molecular weight is 521 g/mol. The summed E-state index contributed by atoms with van der Waals surface area (Å²) in [7, 11) is -7.83. The molecule has 0 aliphatic carbocycles. The van der Waals surface area contributed by atoms with Crippen LogP contribution in [0.2, 0.25) is 0 Å². The SMILES string of the molecule is CC.CC.CS(=O)(=O)[O-].CS(=O)(=O)[O-].O=c1c2cccc3cccc(c32)c2nc3ccccc3n12. The molecule has 11 heteroatoms. The van der Waals surface area contributed by atoms with Crippen LogP contribution in [0.1, 0.15) is 27.7 Å². The summed E-state index contributed by atoms with van der Waals surface area (Å²) in [6.07, 6.45) is 1.21. The third-order valence-electron chi connectivity index (χ3n) is 4.14. The second-order valence-electron chi connectivity index (χ2n) is 6.68. The number of imidazole rings is 1. The predicted molar refractivity (Wildman–Crippen MR) is 139 cm³/mol. The Balaban J connectivity index is 0.000000370. The monoisotopic (exact) mass is 520 g/mol. The molecule has 0 bridgehead atoms. The molecule has 0 spiro atoms. The molecule has 0 aliphatic rings. The zero-order valence-electron chi connectivity index (χ0n) is 20.3. The van der Waals surface area contributed by atoms with Crippen LogP contribution in [0.15, 0.2) is 65.5 Å². The normalized spacial score (nSPS) is 10.9. The molecule has 190 valence electrons. The fourth-order valence-corrected chi connectivity index (χ4v) is 3.24. The number of para-hydroxylation sites is 2. The van der Waals surface area contributed by atoms with Crippen LogP contribution in [-0.2, 0) is 20.2 Å². The van der Waals surface area contributed by atoms with Gasteiger partial charge in [0.15, 0.2) is 0 Å². The highest BCUT2D eigenvalue weighted by Gasteiger charge is 2.14. The minimum Gasteiger partial charge on any atom is -0.748 e. The van der Waals surface area contributed by atoms with Crippen LogP contribution in [0, 0.1) is 0 Å². The van der Waals surface area contributed by atoms with Crippen molar-refractivity contribution in [2.45, 2.75) is 27.7 Å². The molecule has 9 nitrogen and oxygen atoms in total. The van der Waals surface area contributed by atoms with Gasteiger partial charge in [-0.1, -0.05) is 70.2 Å². The number of nitrogens with zero attached hydrogens (tertiary/aromatic N) is 2. The van der Waals surface area contributed by atoms with Gasteiger partial charge in [-0.15, -0.1) is 0 Å². The Hall–Kier alpha value is -3.12. The van der Waals surface area contributed by atoms with E-state index in [4.69, 9.17) is 25.9 Å². The molecule has 0 saturated carbocycles. The Kier molecular flexibility index (Phi) is 10.7. The first-order valence-electron chi connectivity index (χ1n) is 10.7. The van der Waals surface area contributed by atoms with Crippen molar-refractivity contribution in [3.63, 3.8) is 0 Å². The van der Waals surface area contributed by atoms with Crippen molar-refractivity contribution >= 4 is 58.5 Å². The van der Waals surface area contributed by atoms with Crippen molar-refractivity contribution in [3.05, 3.63) is 71.0 Å². The maximum absolute atomic E-state index is 12.9. The summed E-state index contributed by atoms with van der Waals surface area (Å²) < 4.78 is 56.2. The second-order valence-corrected chi connectivity index (χ2v) is 9.50. The third kappa shape index (κ3) is 8.25. The van der Waals surface area contributed by atoms with E-state index in [1.165, 1.54) is 0 Å². The topological polar surface area (TPSA) is 149 Å². The summed E-state index contributed by atoms with van der Waals surface area (Å²) in [5.74, 6) is 0. The molecule has 0 N–H and O–H groups in total. The van der Waals surface area contributed by atoms with E-state index in [-0.39, 0.29) is 5.56 Å². The second kappa shape index (κ2) is 12.5. The van der Waals surface area contributed by atoms with Crippen LogP contribution in [-0.4, -0.2) is 47.8 Å². The van der Waals surface area contributed by atoms with E-state index in [1.54, 1.807) is 4.40 Å². The molecule has 2 aromatic heterocycles. The number of rotatable bonds is 0. The molecule has 0 aliphatic heterocycles. The Labute approximate surface area is 204 Å². The highest BCUT2D eigenvalue weighted by Crippen LogP contribution is 2.29. The number of hydrogen-bond donors (Lipinski definition) is 0. The lowest BCUT2D eigenvalue weighted by Gasteiger charge is -2.06. The van der Waals surface area contributed by atoms with Gasteiger partial charge in [0, 0.05) is 28.7 Å². The van der Waals surface area contributed by atoms with Crippen LogP contribution >= 0.6 is 0 Å². The first kappa shape index (κ1) is 29.9. The average Bonchev–Trinajstić information content (AvgIpc) is 3.18. The highest BCUT2D eigenvalue weighted by molar-refractivity contribution is 7.85. The first-order chi connectivity index (χ1) is 16.3. The molecule has 0 atom stereocenters. The number of benzene rings is 3. The number of fused-ring (bicyclic) bond motifs is 4. The van der Waals surface area contributed by atoms with Gasteiger partial charge in [0.25, 0.3) is 5.56 Å². The molecule has 35 heavy (non-hydrogen) atoms. The minimum absolute atomic E-state index is 0.00278. The lowest BCUT2D eigenvalue weighted by molar-refractivity contribution is 0.468. The van der Waals surface area contributed by atoms with Gasteiger partial charge < -0.3 is 9.11 Å². The number of hydrogen-bond acceptors (Lipinski definition) is 8. The summed E-state index contributed by atoms with van der Waals surface area (Å²) in [6.45, 7) is 8.00. The Morgan fingerprint density at radius 2 is 1.17 bits per heavy atom. The number of aromatic nitrogens is 2. The summed E-state index contributed by atoms with van der Waals surface area (Å²) in [6, 6.07) is 19.7. The molecule has 0 amide bonds. The lowest BCUT2D eigenvalue weighted by Crippen LogP contribution is -2.13. The van der Waals surface area contributed by atoms with Crippen LogP contribution in [0.4, 0.5) is 0 Å². The molecular formula is C24H28N2O7S2-2. The van der Waals surface area contributed by atoms with Gasteiger partial charge in [0.2, 0.25) is 0 Å². The standard InChI is InChI=1S/C18H10N2O.2C2H6.2CH4O3S/c21-18-13-8-4-6-11-5-3-7-12(16(11)13)17-19-14-9-1-2-10-15(14)20(17)18;2*1-2;2*1-5(2,3)4/h1-10H;2*1-2H3;2*1H3,(H,2,3,4)/p-2. The van der Waals surface area contributed by atoms with Crippen molar-refractivity contribution in [3.8, 4) is 0 Å². The van der Waals surface area contributed by atoms with Crippen molar-refractivity contribution < 1.29 is 25.9 Å². The smallest absolute Gasteiger partial charge is 0.264 e. The molecule has 0 unspecified atom stereocenters. The van der Waals surface area contributed by atoms with E-state index in [0.717, 1.165) is 38.2 Å². The first-order valence-corrected chi connectivity index (χ1v) is 14.3. The Morgan fingerprint density at radius 1 is 0.714 bits per heavy atom. The van der Waals surface area contributed by atoms with Gasteiger partial charge in [-0.25, -0.2) is 21.8 Å². The summed E-state index contributed by atoms with van der Waals surface area (Å²) in [5, 5.41) is 3.86. The van der Waals surface area contributed by atoms with E-state index >= 15 is 0 Å². The van der Waals surface area contributed by atoms with Gasteiger partial charge in [-0.3, -0.25) is 9.20 Å². The largest absolute Gasteiger partial charge is 0.748 e. The predicted octanol–water partition coefficient (Wildman–Crippen LogP) is 3.97. The van der Waals surface area contributed by atoms with Crippen molar-refractivity contribution in [1.29, 1.82) is 0 Å². The molecule has 5 aromatic rings.